The molecule has 0 aliphatic carbocycles. The van der Waals surface area contributed by atoms with E-state index in [9.17, 15) is 20.0 Å². The molecule has 1 rings (SSSR count). The van der Waals surface area contributed by atoms with Gasteiger partial charge < -0.3 is 9.84 Å². The number of esters is 1. The van der Waals surface area contributed by atoms with E-state index in [1.807, 2.05) is 0 Å². The number of nitro groups is 1. The van der Waals surface area contributed by atoms with Gasteiger partial charge in [-0.3, -0.25) is 14.9 Å². The Morgan fingerprint density at radius 1 is 1.58 bits per heavy atom. The Bertz CT molecular complexity index is 475. The van der Waals surface area contributed by atoms with Gasteiger partial charge in [0.25, 0.3) is 5.69 Å². The van der Waals surface area contributed by atoms with Gasteiger partial charge in [-0.15, -0.1) is 11.8 Å². The van der Waals surface area contributed by atoms with Crippen LogP contribution in [0.5, 0.6) is 0 Å². The number of ether oxygens (including phenoxy) is 1. The van der Waals surface area contributed by atoms with Crippen LogP contribution in [0.2, 0.25) is 0 Å². The molecule has 0 amide bonds. The number of thioether (sulfide) groups is 1. The molecule has 19 heavy (non-hydrogen) atoms. The van der Waals surface area contributed by atoms with Crippen molar-refractivity contribution in [3.8, 4) is 0 Å². The number of carbonyl (C=O) groups is 1. The van der Waals surface area contributed by atoms with Crippen LogP contribution in [0, 0.1) is 10.1 Å². The lowest BCUT2D eigenvalue weighted by Crippen LogP contribution is -2.07. The third-order valence-electron chi connectivity index (χ3n) is 2.31. The highest BCUT2D eigenvalue weighted by Crippen LogP contribution is 2.31. The number of hydrogen-bond donors (Lipinski definition) is 1. The molecule has 104 valence electrons. The number of nitro benzene ring substituents is 1. The van der Waals surface area contributed by atoms with Gasteiger partial charge in [-0.1, -0.05) is 6.07 Å². The number of carbonyl (C=O) groups excluding carboxylic acids is 1. The molecule has 0 bridgehead atoms. The summed E-state index contributed by atoms with van der Waals surface area (Å²) in [6, 6.07) is 4.45. The summed E-state index contributed by atoms with van der Waals surface area (Å²) in [5.41, 5.74) is 0.347. The molecule has 0 aliphatic heterocycles. The van der Waals surface area contributed by atoms with Crippen molar-refractivity contribution in [1.29, 1.82) is 0 Å². The maximum atomic E-state index is 11.2. The first-order chi connectivity index (χ1) is 8.95. The van der Waals surface area contributed by atoms with E-state index in [1.54, 1.807) is 13.0 Å². The standard InChI is InChI=1S/C12H15NO5S/c1-3-18-12(15)7-19-11-5-4-9(8(2)14)6-10(11)13(16)17/h4-6,8,14H,3,7H2,1-2H3. The van der Waals surface area contributed by atoms with E-state index in [0.29, 0.717) is 10.5 Å². The second-order valence-corrected chi connectivity index (χ2v) is 4.77. The third-order valence-corrected chi connectivity index (χ3v) is 3.35. The smallest absolute Gasteiger partial charge is 0.316 e. The van der Waals surface area contributed by atoms with Gasteiger partial charge >= 0.3 is 5.97 Å². The van der Waals surface area contributed by atoms with Gasteiger partial charge in [-0.05, 0) is 25.5 Å². The molecule has 0 aromatic heterocycles. The average Bonchev–Trinajstić information content (AvgIpc) is 2.36. The molecule has 1 atom stereocenters. The van der Waals surface area contributed by atoms with Crippen LogP contribution >= 0.6 is 11.8 Å². The van der Waals surface area contributed by atoms with Gasteiger partial charge in [-0.25, -0.2) is 0 Å². The van der Waals surface area contributed by atoms with Crippen molar-refractivity contribution in [1.82, 2.24) is 0 Å². The Balaban J connectivity index is 2.88. The molecule has 1 aromatic carbocycles. The van der Waals surface area contributed by atoms with Gasteiger partial charge in [0.05, 0.1) is 28.3 Å². The summed E-state index contributed by atoms with van der Waals surface area (Å²) < 4.78 is 4.76. The Morgan fingerprint density at radius 3 is 2.79 bits per heavy atom. The van der Waals surface area contributed by atoms with Crippen LogP contribution in [0.3, 0.4) is 0 Å². The maximum Gasteiger partial charge on any atom is 0.316 e. The first-order valence-corrected chi connectivity index (χ1v) is 6.69. The highest BCUT2D eigenvalue weighted by Gasteiger charge is 2.17. The summed E-state index contributed by atoms with van der Waals surface area (Å²) in [5, 5.41) is 20.4. The first-order valence-electron chi connectivity index (χ1n) is 5.70. The number of benzene rings is 1. The molecule has 6 nitrogen and oxygen atoms in total. The van der Waals surface area contributed by atoms with Gasteiger partial charge in [0.1, 0.15) is 0 Å². The van der Waals surface area contributed by atoms with E-state index < -0.39 is 17.0 Å². The van der Waals surface area contributed by atoms with Crippen molar-refractivity contribution in [2.75, 3.05) is 12.4 Å². The largest absolute Gasteiger partial charge is 0.465 e. The monoisotopic (exact) mass is 285 g/mol. The van der Waals surface area contributed by atoms with Crippen LogP contribution in [0.4, 0.5) is 5.69 Å². The number of aliphatic hydroxyl groups is 1. The lowest BCUT2D eigenvalue weighted by molar-refractivity contribution is -0.387. The highest BCUT2D eigenvalue weighted by atomic mass is 32.2. The molecule has 1 aromatic rings. The van der Waals surface area contributed by atoms with Crippen molar-refractivity contribution in [3.05, 3.63) is 33.9 Å². The summed E-state index contributed by atoms with van der Waals surface area (Å²) in [6.45, 7) is 3.51. The predicted molar refractivity (Wildman–Crippen MR) is 71.1 cm³/mol. The van der Waals surface area contributed by atoms with E-state index in [1.165, 1.54) is 19.1 Å². The fourth-order valence-corrected chi connectivity index (χ4v) is 2.20. The van der Waals surface area contributed by atoms with Crippen LogP contribution < -0.4 is 0 Å². The average molecular weight is 285 g/mol. The molecule has 0 saturated heterocycles. The highest BCUT2D eigenvalue weighted by molar-refractivity contribution is 8.00. The fourth-order valence-electron chi connectivity index (χ4n) is 1.40. The van der Waals surface area contributed by atoms with Gasteiger partial charge in [0.15, 0.2) is 0 Å². The maximum absolute atomic E-state index is 11.2. The molecule has 1 N–H and O–H groups in total. The summed E-state index contributed by atoms with van der Waals surface area (Å²) in [5.74, 6) is -0.399. The summed E-state index contributed by atoms with van der Waals surface area (Å²) >= 11 is 1.05. The summed E-state index contributed by atoms with van der Waals surface area (Å²) in [4.78, 5) is 22.0. The molecule has 0 saturated carbocycles. The predicted octanol–water partition coefficient (Wildman–Crippen LogP) is 2.30. The van der Waals surface area contributed by atoms with Crippen LogP contribution in [-0.2, 0) is 9.53 Å². The molecular formula is C12H15NO5S. The van der Waals surface area contributed by atoms with E-state index in [2.05, 4.69) is 0 Å². The Kier molecular flexibility index (Phi) is 5.78. The quantitative estimate of drug-likeness (QED) is 0.373. The van der Waals surface area contributed by atoms with Crippen molar-refractivity contribution in [2.45, 2.75) is 24.8 Å². The number of nitrogens with zero attached hydrogens (tertiary/aromatic N) is 1. The number of aliphatic hydroxyl groups excluding tert-OH is 1. The Morgan fingerprint density at radius 2 is 2.26 bits per heavy atom. The van der Waals surface area contributed by atoms with Crippen molar-refractivity contribution in [3.63, 3.8) is 0 Å². The SMILES string of the molecule is CCOC(=O)CSc1ccc(C(C)O)cc1[N+](=O)[O-]. The minimum Gasteiger partial charge on any atom is -0.465 e. The van der Waals surface area contributed by atoms with Crippen molar-refractivity contribution in [2.24, 2.45) is 0 Å². The van der Waals surface area contributed by atoms with Gasteiger partial charge in [0, 0.05) is 6.07 Å². The third kappa shape index (κ3) is 4.53. The van der Waals surface area contributed by atoms with Crippen LogP contribution in [0.25, 0.3) is 0 Å². The summed E-state index contributed by atoms with van der Waals surface area (Å²) in [6.07, 6.45) is -0.775. The zero-order valence-corrected chi connectivity index (χ0v) is 11.5. The zero-order valence-electron chi connectivity index (χ0n) is 10.7. The minimum atomic E-state index is -0.775. The number of rotatable bonds is 6. The second kappa shape index (κ2) is 7.10. The van der Waals surface area contributed by atoms with E-state index in [4.69, 9.17) is 4.74 Å². The molecular weight excluding hydrogens is 270 g/mol. The molecule has 0 radical (unpaired) electrons. The van der Waals surface area contributed by atoms with Crippen molar-refractivity contribution >= 4 is 23.4 Å². The van der Waals surface area contributed by atoms with Crippen molar-refractivity contribution < 1.29 is 19.6 Å². The number of hydrogen-bond acceptors (Lipinski definition) is 6. The lowest BCUT2D eigenvalue weighted by atomic mass is 10.1. The van der Waals surface area contributed by atoms with E-state index in [-0.39, 0.29) is 18.0 Å². The first kappa shape index (κ1) is 15.5. The van der Waals surface area contributed by atoms with Crippen LogP contribution in [0.15, 0.2) is 23.1 Å². The molecule has 0 aliphatic rings. The molecule has 0 fully saturated rings. The Hall–Kier alpha value is -1.60. The molecule has 1 unspecified atom stereocenters. The lowest BCUT2D eigenvalue weighted by Gasteiger charge is -2.07. The molecule has 0 spiro atoms. The van der Waals surface area contributed by atoms with Crippen LogP contribution in [0.1, 0.15) is 25.5 Å². The van der Waals surface area contributed by atoms with E-state index in [0.717, 1.165) is 11.8 Å². The topological polar surface area (TPSA) is 89.7 Å². The van der Waals surface area contributed by atoms with Gasteiger partial charge in [0.2, 0.25) is 0 Å². The minimum absolute atomic E-state index is 0.0166. The second-order valence-electron chi connectivity index (χ2n) is 3.75. The zero-order chi connectivity index (χ0) is 14.4. The van der Waals surface area contributed by atoms with Crippen LogP contribution in [-0.4, -0.2) is 28.4 Å². The molecule has 0 heterocycles. The molecule has 7 heteroatoms. The van der Waals surface area contributed by atoms with E-state index >= 15 is 0 Å². The normalized spacial score (nSPS) is 11.9. The Labute approximate surface area is 114 Å². The fraction of sp³-hybridized carbons (Fsp3) is 0.417. The summed E-state index contributed by atoms with van der Waals surface area (Å²) in [7, 11) is 0. The van der Waals surface area contributed by atoms with Gasteiger partial charge in [-0.2, -0.15) is 0 Å².